The molecule has 0 aliphatic heterocycles. The molecule has 10 heteroatoms. The first-order valence-electron chi connectivity index (χ1n) is 9.63. The Hall–Kier alpha value is -3.69. The maximum atomic E-state index is 13.2. The van der Waals surface area contributed by atoms with Crippen LogP contribution in [0.3, 0.4) is 0 Å². The van der Waals surface area contributed by atoms with Gasteiger partial charge >= 0.3 is 6.18 Å². The van der Waals surface area contributed by atoms with Crippen LogP contribution in [0.4, 0.5) is 13.2 Å². The maximum absolute atomic E-state index is 13.2. The Bertz CT molecular complexity index is 1230. The summed E-state index contributed by atoms with van der Waals surface area (Å²) in [5, 5.41) is 10.1. The first-order chi connectivity index (χ1) is 14.8. The summed E-state index contributed by atoms with van der Waals surface area (Å²) in [6.07, 6.45) is -2.70. The third kappa shape index (κ3) is 4.27. The first kappa shape index (κ1) is 20.6. The van der Waals surface area contributed by atoms with Crippen molar-refractivity contribution in [2.75, 3.05) is 6.54 Å². The van der Waals surface area contributed by atoms with Crippen molar-refractivity contribution in [3.63, 3.8) is 0 Å². The highest BCUT2D eigenvalue weighted by Crippen LogP contribution is 2.33. The molecule has 0 unspecified atom stereocenters. The van der Waals surface area contributed by atoms with Gasteiger partial charge in [-0.25, -0.2) is 9.67 Å². The SMILES string of the molecule is Cc1nc2ccccc2n1CCCNC(=O)c1cn(-c2ccccc2C(F)(F)F)nn1. The van der Waals surface area contributed by atoms with E-state index in [2.05, 4.69) is 25.2 Å². The van der Waals surface area contributed by atoms with Gasteiger partial charge in [-0.05, 0) is 37.6 Å². The quantitative estimate of drug-likeness (QED) is 0.475. The average Bonchev–Trinajstić information content (AvgIpc) is 3.35. The number of benzene rings is 2. The van der Waals surface area contributed by atoms with Crippen LogP contribution in [-0.4, -0.2) is 37.0 Å². The molecule has 31 heavy (non-hydrogen) atoms. The standard InChI is InChI=1S/C21H19F3N6O/c1-14-26-16-8-3-5-10-19(16)29(14)12-6-11-25-20(31)17-13-30(28-27-17)18-9-4-2-7-15(18)21(22,23)24/h2-5,7-10,13H,6,11-12H2,1H3,(H,25,31). The second-order valence-corrected chi connectivity index (χ2v) is 6.97. The minimum Gasteiger partial charge on any atom is -0.351 e. The predicted molar refractivity (Wildman–Crippen MR) is 108 cm³/mol. The molecule has 0 spiro atoms. The zero-order chi connectivity index (χ0) is 22.0. The van der Waals surface area contributed by atoms with Gasteiger partial charge in [0.05, 0.1) is 28.5 Å². The minimum atomic E-state index is -4.54. The number of fused-ring (bicyclic) bond motifs is 1. The number of imidazole rings is 1. The summed E-state index contributed by atoms with van der Waals surface area (Å²) in [6, 6.07) is 12.8. The normalized spacial score (nSPS) is 11.7. The summed E-state index contributed by atoms with van der Waals surface area (Å²) in [7, 11) is 0. The lowest BCUT2D eigenvalue weighted by Crippen LogP contribution is -2.25. The van der Waals surface area contributed by atoms with E-state index < -0.39 is 17.6 Å². The number of hydrogen-bond acceptors (Lipinski definition) is 4. The van der Waals surface area contributed by atoms with Gasteiger partial charge in [-0.3, -0.25) is 4.79 Å². The molecule has 160 valence electrons. The molecule has 0 atom stereocenters. The molecule has 0 saturated heterocycles. The number of nitrogens with one attached hydrogen (secondary N) is 1. The van der Waals surface area contributed by atoms with E-state index in [0.29, 0.717) is 19.5 Å². The number of para-hydroxylation sites is 3. The number of aryl methyl sites for hydroxylation is 2. The number of hydrogen-bond donors (Lipinski definition) is 1. The number of aromatic nitrogens is 5. The second-order valence-electron chi connectivity index (χ2n) is 6.97. The van der Waals surface area contributed by atoms with Crippen molar-refractivity contribution in [3.8, 4) is 5.69 Å². The van der Waals surface area contributed by atoms with Gasteiger partial charge in [0, 0.05) is 13.1 Å². The lowest BCUT2D eigenvalue weighted by molar-refractivity contribution is -0.137. The van der Waals surface area contributed by atoms with E-state index in [-0.39, 0.29) is 11.4 Å². The second kappa shape index (κ2) is 8.21. The molecule has 1 N–H and O–H groups in total. The Morgan fingerprint density at radius 1 is 1.10 bits per heavy atom. The zero-order valence-corrected chi connectivity index (χ0v) is 16.6. The maximum Gasteiger partial charge on any atom is 0.418 e. The van der Waals surface area contributed by atoms with Crippen LogP contribution in [-0.2, 0) is 12.7 Å². The van der Waals surface area contributed by atoms with Gasteiger partial charge in [0.25, 0.3) is 5.91 Å². The largest absolute Gasteiger partial charge is 0.418 e. The molecule has 0 fully saturated rings. The Morgan fingerprint density at radius 2 is 1.84 bits per heavy atom. The fourth-order valence-corrected chi connectivity index (χ4v) is 3.41. The van der Waals surface area contributed by atoms with Crippen LogP contribution in [0.15, 0.2) is 54.7 Å². The van der Waals surface area contributed by atoms with Gasteiger partial charge in [0.1, 0.15) is 5.82 Å². The third-order valence-corrected chi connectivity index (χ3v) is 4.87. The van der Waals surface area contributed by atoms with E-state index >= 15 is 0 Å². The Labute approximate surface area is 175 Å². The average molecular weight is 428 g/mol. The number of carbonyl (C=O) groups excluding carboxylic acids is 1. The molecule has 0 radical (unpaired) electrons. The molecule has 0 aliphatic carbocycles. The van der Waals surface area contributed by atoms with E-state index in [0.717, 1.165) is 27.6 Å². The van der Waals surface area contributed by atoms with Gasteiger partial charge < -0.3 is 9.88 Å². The molecule has 7 nitrogen and oxygen atoms in total. The Morgan fingerprint density at radius 3 is 2.65 bits per heavy atom. The van der Waals surface area contributed by atoms with Crippen molar-refractivity contribution in [1.29, 1.82) is 0 Å². The molecule has 0 saturated carbocycles. The highest BCUT2D eigenvalue weighted by atomic mass is 19.4. The van der Waals surface area contributed by atoms with Crippen LogP contribution < -0.4 is 5.32 Å². The van der Waals surface area contributed by atoms with Crippen molar-refractivity contribution in [2.24, 2.45) is 0 Å². The first-order valence-corrected chi connectivity index (χ1v) is 9.63. The monoisotopic (exact) mass is 428 g/mol. The summed E-state index contributed by atoms with van der Waals surface area (Å²) in [5.41, 5.74) is 0.845. The van der Waals surface area contributed by atoms with E-state index in [1.54, 1.807) is 0 Å². The van der Waals surface area contributed by atoms with Crippen molar-refractivity contribution >= 4 is 16.9 Å². The van der Waals surface area contributed by atoms with Gasteiger partial charge in [0.2, 0.25) is 0 Å². The van der Waals surface area contributed by atoms with Crippen molar-refractivity contribution in [3.05, 3.63) is 71.8 Å². The number of amides is 1. The van der Waals surface area contributed by atoms with Crippen LogP contribution >= 0.6 is 0 Å². The van der Waals surface area contributed by atoms with Gasteiger partial charge in [-0.15, -0.1) is 5.10 Å². The van der Waals surface area contributed by atoms with Gasteiger partial charge in [-0.2, -0.15) is 13.2 Å². The topological polar surface area (TPSA) is 77.6 Å². The molecule has 4 rings (SSSR count). The van der Waals surface area contributed by atoms with Crippen LogP contribution in [0, 0.1) is 6.92 Å². The van der Waals surface area contributed by atoms with Crippen LogP contribution in [0.2, 0.25) is 0 Å². The summed E-state index contributed by atoms with van der Waals surface area (Å²) in [5.74, 6) is 0.391. The summed E-state index contributed by atoms with van der Waals surface area (Å²) < 4.78 is 42.6. The van der Waals surface area contributed by atoms with Crippen molar-refractivity contribution in [1.82, 2.24) is 29.9 Å². The number of halogens is 3. The molecule has 2 aromatic carbocycles. The molecular formula is C21H19F3N6O. The molecule has 2 aromatic heterocycles. The molecule has 2 heterocycles. The number of carbonyl (C=O) groups is 1. The fourth-order valence-electron chi connectivity index (χ4n) is 3.41. The minimum absolute atomic E-state index is 0.0544. The molecule has 1 amide bonds. The highest BCUT2D eigenvalue weighted by molar-refractivity contribution is 5.91. The van der Waals surface area contributed by atoms with Gasteiger partial charge in [-0.1, -0.05) is 29.5 Å². The third-order valence-electron chi connectivity index (χ3n) is 4.87. The van der Waals surface area contributed by atoms with Gasteiger partial charge in [0.15, 0.2) is 5.69 Å². The fraction of sp³-hybridized carbons (Fsp3) is 0.238. The lowest BCUT2D eigenvalue weighted by Gasteiger charge is -2.11. The van der Waals surface area contributed by atoms with Crippen LogP contribution in [0.25, 0.3) is 16.7 Å². The van der Waals surface area contributed by atoms with Crippen LogP contribution in [0.5, 0.6) is 0 Å². The zero-order valence-electron chi connectivity index (χ0n) is 16.6. The summed E-state index contributed by atoms with van der Waals surface area (Å²) in [6.45, 7) is 2.96. The Balaban J connectivity index is 1.39. The molecular weight excluding hydrogens is 409 g/mol. The summed E-state index contributed by atoms with van der Waals surface area (Å²) >= 11 is 0. The summed E-state index contributed by atoms with van der Waals surface area (Å²) in [4.78, 5) is 16.8. The number of nitrogens with zero attached hydrogens (tertiary/aromatic N) is 5. The molecule has 0 aliphatic rings. The Kier molecular flexibility index (Phi) is 5.45. The predicted octanol–water partition coefficient (Wildman–Crippen LogP) is 3.76. The van der Waals surface area contributed by atoms with Crippen molar-refractivity contribution in [2.45, 2.75) is 26.1 Å². The van der Waals surface area contributed by atoms with E-state index in [9.17, 15) is 18.0 Å². The van der Waals surface area contributed by atoms with Crippen molar-refractivity contribution < 1.29 is 18.0 Å². The number of alkyl halides is 3. The highest BCUT2D eigenvalue weighted by Gasteiger charge is 2.34. The molecule has 4 aromatic rings. The number of rotatable bonds is 6. The molecule has 0 bridgehead atoms. The smallest absolute Gasteiger partial charge is 0.351 e. The van der Waals surface area contributed by atoms with E-state index in [4.69, 9.17) is 0 Å². The van der Waals surface area contributed by atoms with E-state index in [1.165, 1.54) is 24.4 Å². The van der Waals surface area contributed by atoms with Crippen LogP contribution in [0.1, 0.15) is 28.3 Å². The lowest BCUT2D eigenvalue weighted by atomic mass is 10.1. The van der Waals surface area contributed by atoms with E-state index in [1.807, 2.05) is 31.2 Å².